The molecule has 1 fully saturated rings. The molecule has 0 aromatic heterocycles. The van der Waals surface area contributed by atoms with Crippen LogP contribution in [0.5, 0.6) is 0 Å². The number of esters is 2. The number of hydrogen-bond donors (Lipinski definition) is 1. The Labute approximate surface area is 126 Å². The Morgan fingerprint density at radius 2 is 1.85 bits per heavy atom. The van der Waals surface area contributed by atoms with Crippen LogP contribution in [-0.2, 0) is 19.1 Å². The van der Waals surface area contributed by atoms with Crippen molar-refractivity contribution in [3.63, 3.8) is 0 Å². The molecular weight excluding hydrogens is 328 g/mol. The Morgan fingerprint density at radius 1 is 1.25 bits per heavy atom. The first-order valence-corrected chi connectivity index (χ1v) is 7.42. The van der Waals surface area contributed by atoms with E-state index in [1.807, 2.05) is 13.8 Å². The van der Waals surface area contributed by atoms with E-state index in [4.69, 9.17) is 9.47 Å². The second-order valence-corrected chi connectivity index (χ2v) is 7.00. The van der Waals surface area contributed by atoms with Crippen molar-refractivity contribution < 1.29 is 24.2 Å². The van der Waals surface area contributed by atoms with E-state index in [0.29, 0.717) is 0 Å². The van der Waals surface area contributed by atoms with Crippen molar-refractivity contribution in [2.45, 2.75) is 31.5 Å². The van der Waals surface area contributed by atoms with Crippen LogP contribution in [0.2, 0.25) is 0 Å². The number of aliphatic hydroxyl groups excluding tert-OH is 1. The highest BCUT2D eigenvalue weighted by molar-refractivity contribution is 9.09. The third kappa shape index (κ3) is 1.60. The molecule has 112 valence electrons. The second-order valence-electron chi connectivity index (χ2n) is 5.89. The van der Waals surface area contributed by atoms with Gasteiger partial charge in [0.25, 0.3) is 0 Å². The molecule has 0 radical (unpaired) electrons. The monoisotopic (exact) mass is 346 g/mol. The molecule has 0 aromatic rings. The fraction of sp³-hybridized carbons (Fsp3) is 0.714. The SMILES string of the molecule is COC(=O)C1=C(O)C(C)(C)[C@H]2CC[C@H](Br)[C@@]12C(=O)OC. The summed E-state index contributed by atoms with van der Waals surface area (Å²) in [6, 6.07) is 0. The van der Waals surface area contributed by atoms with Crippen LogP contribution in [0.1, 0.15) is 26.7 Å². The summed E-state index contributed by atoms with van der Waals surface area (Å²) in [5.74, 6) is -1.43. The molecule has 3 atom stereocenters. The summed E-state index contributed by atoms with van der Waals surface area (Å²) in [4.78, 5) is 24.4. The minimum absolute atomic E-state index is 0.0428. The molecular formula is C14H19BrO5. The van der Waals surface area contributed by atoms with E-state index in [1.165, 1.54) is 14.2 Å². The van der Waals surface area contributed by atoms with E-state index >= 15 is 0 Å². The minimum Gasteiger partial charge on any atom is -0.511 e. The van der Waals surface area contributed by atoms with Crippen molar-refractivity contribution in [1.29, 1.82) is 0 Å². The summed E-state index contributed by atoms with van der Waals surface area (Å²) in [5, 5.41) is 10.5. The molecule has 0 heterocycles. The number of halogens is 1. The fourth-order valence-electron chi connectivity index (χ4n) is 3.84. The third-order valence-electron chi connectivity index (χ3n) is 4.80. The topological polar surface area (TPSA) is 72.8 Å². The maximum Gasteiger partial charge on any atom is 0.338 e. The number of hydrogen-bond acceptors (Lipinski definition) is 5. The molecule has 2 aliphatic carbocycles. The highest BCUT2D eigenvalue weighted by atomic mass is 79.9. The molecule has 2 aliphatic rings. The van der Waals surface area contributed by atoms with Gasteiger partial charge < -0.3 is 14.6 Å². The molecule has 0 saturated heterocycles. The second kappa shape index (κ2) is 4.76. The van der Waals surface area contributed by atoms with Crippen LogP contribution < -0.4 is 0 Å². The fourth-order valence-corrected chi connectivity index (χ4v) is 4.84. The predicted molar refractivity (Wildman–Crippen MR) is 75.3 cm³/mol. The average Bonchev–Trinajstić information content (AvgIpc) is 2.84. The van der Waals surface area contributed by atoms with Gasteiger partial charge in [0.2, 0.25) is 0 Å². The summed E-state index contributed by atoms with van der Waals surface area (Å²) >= 11 is 3.51. The maximum absolute atomic E-state index is 12.5. The normalized spacial score (nSPS) is 34.9. The molecule has 2 rings (SSSR count). The van der Waals surface area contributed by atoms with Gasteiger partial charge in [-0.1, -0.05) is 29.8 Å². The lowest BCUT2D eigenvalue weighted by Gasteiger charge is -2.35. The molecule has 0 amide bonds. The Kier molecular flexibility index (Phi) is 3.65. The number of carbonyl (C=O) groups is 2. The van der Waals surface area contributed by atoms with Gasteiger partial charge in [-0.15, -0.1) is 0 Å². The highest BCUT2D eigenvalue weighted by Gasteiger charge is 2.70. The first-order valence-electron chi connectivity index (χ1n) is 6.51. The zero-order valence-corrected chi connectivity index (χ0v) is 13.6. The van der Waals surface area contributed by atoms with Crippen LogP contribution in [0.15, 0.2) is 11.3 Å². The van der Waals surface area contributed by atoms with Crippen molar-refractivity contribution in [1.82, 2.24) is 0 Å². The Bertz CT molecular complexity index is 496. The molecule has 20 heavy (non-hydrogen) atoms. The van der Waals surface area contributed by atoms with Gasteiger partial charge in [0.15, 0.2) is 0 Å². The van der Waals surface area contributed by atoms with Crippen LogP contribution in [-0.4, -0.2) is 36.1 Å². The number of rotatable bonds is 2. The van der Waals surface area contributed by atoms with Crippen molar-refractivity contribution in [2.24, 2.45) is 16.7 Å². The number of aliphatic hydroxyl groups is 1. The molecule has 0 bridgehead atoms. The number of carbonyl (C=O) groups excluding carboxylic acids is 2. The largest absolute Gasteiger partial charge is 0.511 e. The Balaban J connectivity index is 2.73. The quantitative estimate of drug-likeness (QED) is 0.613. The van der Waals surface area contributed by atoms with E-state index in [0.717, 1.165) is 12.8 Å². The first-order chi connectivity index (χ1) is 9.26. The van der Waals surface area contributed by atoms with Gasteiger partial charge in [0, 0.05) is 10.2 Å². The zero-order chi connectivity index (χ0) is 15.3. The highest BCUT2D eigenvalue weighted by Crippen LogP contribution is 2.66. The molecule has 0 unspecified atom stereocenters. The van der Waals surface area contributed by atoms with E-state index in [1.54, 1.807) is 0 Å². The van der Waals surface area contributed by atoms with Crippen LogP contribution in [0.4, 0.5) is 0 Å². The van der Waals surface area contributed by atoms with Crippen LogP contribution in [0, 0.1) is 16.7 Å². The maximum atomic E-state index is 12.5. The minimum atomic E-state index is -1.17. The standard InChI is InChI=1S/C14H19BrO5/c1-13(2)7-5-6-8(15)14(7,12(18)20-4)9(10(13)16)11(17)19-3/h7-8,16H,5-6H2,1-4H3/t7-,8+,14-/m1/s1. The van der Waals surface area contributed by atoms with Crippen LogP contribution in [0.25, 0.3) is 0 Å². The van der Waals surface area contributed by atoms with Gasteiger partial charge in [0.1, 0.15) is 11.2 Å². The van der Waals surface area contributed by atoms with Gasteiger partial charge in [-0.05, 0) is 18.8 Å². The third-order valence-corrected chi connectivity index (χ3v) is 5.98. The summed E-state index contributed by atoms with van der Waals surface area (Å²) in [7, 11) is 2.54. The number of fused-ring (bicyclic) bond motifs is 1. The molecule has 5 nitrogen and oxygen atoms in total. The summed E-state index contributed by atoms with van der Waals surface area (Å²) in [6.45, 7) is 3.68. The number of alkyl halides is 1. The summed E-state index contributed by atoms with van der Waals surface area (Å²) in [6.07, 6.45) is 1.46. The Morgan fingerprint density at radius 3 is 2.35 bits per heavy atom. The predicted octanol–water partition coefficient (Wildman–Crippen LogP) is 2.34. The van der Waals surface area contributed by atoms with E-state index in [2.05, 4.69) is 15.9 Å². The van der Waals surface area contributed by atoms with Gasteiger partial charge in [-0.2, -0.15) is 0 Å². The first kappa shape index (κ1) is 15.4. The van der Waals surface area contributed by atoms with E-state index in [9.17, 15) is 14.7 Å². The van der Waals surface area contributed by atoms with Gasteiger partial charge in [-0.3, -0.25) is 4.79 Å². The molecule has 0 aromatic carbocycles. The lowest BCUT2D eigenvalue weighted by Crippen LogP contribution is -2.45. The van der Waals surface area contributed by atoms with Gasteiger partial charge in [0.05, 0.1) is 19.8 Å². The number of ether oxygens (including phenoxy) is 2. The molecule has 0 spiro atoms. The molecule has 0 aliphatic heterocycles. The average molecular weight is 347 g/mol. The van der Waals surface area contributed by atoms with Gasteiger partial charge >= 0.3 is 11.9 Å². The van der Waals surface area contributed by atoms with Crippen molar-refractivity contribution in [3.05, 3.63) is 11.3 Å². The van der Waals surface area contributed by atoms with E-state index in [-0.39, 0.29) is 22.1 Å². The van der Waals surface area contributed by atoms with Crippen molar-refractivity contribution >= 4 is 27.9 Å². The molecule has 1 saturated carbocycles. The van der Waals surface area contributed by atoms with E-state index < -0.39 is 22.8 Å². The smallest absolute Gasteiger partial charge is 0.338 e. The molecule has 6 heteroatoms. The van der Waals surface area contributed by atoms with Gasteiger partial charge in [-0.25, -0.2) is 4.79 Å². The number of allylic oxidation sites excluding steroid dienone is 1. The lowest BCUT2D eigenvalue weighted by molar-refractivity contribution is -0.155. The lowest BCUT2D eigenvalue weighted by atomic mass is 9.69. The van der Waals surface area contributed by atoms with Crippen molar-refractivity contribution in [2.75, 3.05) is 14.2 Å². The zero-order valence-electron chi connectivity index (χ0n) is 12.0. The Hall–Kier alpha value is -1.04. The van der Waals surface area contributed by atoms with Crippen molar-refractivity contribution in [3.8, 4) is 0 Å². The van der Waals surface area contributed by atoms with Crippen LogP contribution >= 0.6 is 15.9 Å². The number of methoxy groups -OCH3 is 2. The molecule has 1 N–H and O–H groups in total. The van der Waals surface area contributed by atoms with Crippen LogP contribution in [0.3, 0.4) is 0 Å². The summed E-state index contributed by atoms with van der Waals surface area (Å²) < 4.78 is 9.74. The summed E-state index contributed by atoms with van der Waals surface area (Å²) in [5.41, 5.74) is -1.79.